The molecule has 0 amide bonds. The van der Waals surface area contributed by atoms with Gasteiger partial charge in [0.05, 0.1) is 11.1 Å². The van der Waals surface area contributed by atoms with Crippen LogP contribution in [0.15, 0.2) is 18.3 Å². The molecule has 1 aromatic rings. The fourth-order valence-electron chi connectivity index (χ4n) is 3.98. The summed E-state index contributed by atoms with van der Waals surface area (Å²) in [6.07, 6.45) is 3.90. The maximum atomic E-state index is 11.9. The molecule has 0 aromatic carbocycles. The quantitative estimate of drug-likeness (QED) is 0.913. The zero-order valence-corrected chi connectivity index (χ0v) is 13.5. The van der Waals surface area contributed by atoms with Crippen LogP contribution in [0.1, 0.15) is 24.6 Å². The van der Waals surface area contributed by atoms with E-state index in [0.29, 0.717) is 13.1 Å². The molecule has 2 aliphatic rings. The number of rotatable bonds is 4. The van der Waals surface area contributed by atoms with Gasteiger partial charge in [-0.15, -0.1) is 0 Å². The first kappa shape index (κ1) is 15.4. The van der Waals surface area contributed by atoms with Crippen LogP contribution in [0.2, 0.25) is 0 Å². The number of pyridine rings is 1. The minimum atomic E-state index is -0.638. The summed E-state index contributed by atoms with van der Waals surface area (Å²) in [5, 5.41) is 9.80. The fourth-order valence-corrected chi connectivity index (χ4v) is 3.98. The van der Waals surface area contributed by atoms with Crippen molar-refractivity contribution >= 4 is 5.97 Å². The van der Waals surface area contributed by atoms with E-state index in [2.05, 4.69) is 33.8 Å². The standard InChI is InChI=1S/C17H25N3O2/c1-3-13-4-5-15(18-8-13)10-20-9-14-6-7-19(2)11-17(14,12-20)16(21)22/h4-5,8,14H,3,6-7,9-12H2,1-2H3,(H,21,22)/t14-,17-/m1/s1. The number of carbonyl (C=O) groups is 1. The molecular weight excluding hydrogens is 278 g/mol. The van der Waals surface area contributed by atoms with Crippen molar-refractivity contribution < 1.29 is 9.90 Å². The van der Waals surface area contributed by atoms with Crippen LogP contribution in [0.5, 0.6) is 0 Å². The molecule has 1 aromatic heterocycles. The largest absolute Gasteiger partial charge is 0.481 e. The molecular formula is C17H25N3O2. The summed E-state index contributed by atoms with van der Waals surface area (Å²) in [6, 6.07) is 4.19. The summed E-state index contributed by atoms with van der Waals surface area (Å²) in [4.78, 5) is 20.9. The first-order valence-corrected chi connectivity index (χ1v) is 8.11. The van der Waals surface area contributed by atoms with Gasteiger partial charge in [-0.1, -0.05) is 13.0 Å². The number of carboxylic acids is 1. The highest BCUT2D eigenvalue weighted by molar-refractivity contribution is 5.76. The van der Waals surface area contributed by atoms with Gasteiger partial charge in [0, 0.05) is 32.4 Å². The van der Waals surface area contributed by atoms with Crippen molar-refractivity contribution in [3.05, 3.63) is 29.6 Å². The SMILES string of the molecule is CCc1ccc(CN2C[C@H]3CCN(C)C[C@@]3(C(=O)O)C2)nc1. The van der Waals surface area contributed by atoms with Crippen molar-refractivity contribution in [2.75, 3.05) is 33.2 Å². The van der Waals surface area contributed by atoms with Gasteiger partial charge in [0.2, 0.25) is 0 Å². The molecule has 5 nitrogen and oxygen atoms in total. The number of aliphatic carboxylic acids is 1. The lowest BCUT2D eigenvalue weighted by Crippen LogP contribution is -2.52. The Kier molecular flexibility index (Phi) is 4.19. The lowest BCUT2D eigenvalue weighted by atomic mass is 9.73. The summed E-state index contributed by atoms with van der Waals surface area (Å²) in [7, 11) is 2.02. The Morgan fingerprint density at radius 2 is 2.27 bits per heavy atom. The molecule has 0 saturated carbocycles. The minimum Gasteiger partial charge on any atom is -0.481 e. The van der Waals surface area contributed by atoms with Crippen LogP contribution in [0.3, 0.4) is 0 Å². The molecule has 0 aliphatic carbocycles. The normalized spacial score (nSPS) is 29.5. The lowest BCUT2D eigenvalue weighted by Gasteiger charge is -2.39. The molecule has 0 bridgehead atoms. The van der Waals surface area contributed by atoms with Gasteiger partial charge in [-0.25, -0.2) is 0 Å². The Hall–Kier alpha value is -1.46. The van der Waals surface area contributed by atoms with E-state index in [-0.39, 0.29) is 5.92 Å². The summed E-state index contributed by atoms with van der Waals surface area (Å²) in [5.74, 6) is -0.378. The Labute approximate surface area is 131 Å². The van der Waals surface area contributed by atoms with E-state index >= 15 is 0 Å². The summed E-state index contributed by atoms with van der Waals surface area (Å²) in [6.45, 7) is 6.03. The second kappa shape index (κ2) is 5.97. The van der Waals surface area contributed by atoms with E-state index in [1.165, 1.54) is 5.56 Å². The molecule has 2 fully saturated rings. The van der Waals surface area contributed by atoms with Gasteiger partial charge in [0.25, 0.3) is 0 Å². The number of aromatic nitrogens is 1. The van der Waals surface area contributed by atoms with Crippen molar-refractivity contribution in [1.29, 1.82) is 0 Å². The number of fused-ring (bicyclic) bond motifs is 1. The van der Waals surface area contributed by atoms with Crippen molar-refractivity contribution in [3.8, 4) is 0 Å². The predicted molar refractivity (Wildman–Crippen MR) is 84.6 cm³/mol. The monoisotopic (exact) mass is 303 g/mol. The van der Waals surface area contributed by atoms with Gasteiger partial charge in [-0.05, 0) is 44.0 Å². The van der Waals surface area contributed by atoms with Crippen LogP contribution in [-0.4, -0.2) is 59.1 Å². The molecule has 5 heteroatoms. The topological polar surface area (TPSA) is 56.7 Å². The first-order valence-electron chi connectivity index (χ1n) is 8.11. The van der Waals surface area contributed by atoms with E-state index in [1.54, 1.807) is 0 Å². The number of hydrogen-bond acceptors (Lipinski definition) is 4. The van der Waals surface area contributed by atoms with E-state index < -0.39 is 11.4 Å². The number of likely N-dealkylation sites (tertiary alicyclic amines) is 2. The lowest BCUT2D eigenvalue weighted by molar-refractivity contribution is -0.153. The number of hydrogen-bond donors (Lipinski definition) is 1. The van der Waals surface area contributed by atoms with E-state index in [0.717, 1.165) is 38.2 Å². The molecule has 3 rings (SSSR count). The highest BCUT2D eigenvalue weighted by Crippen LogP contribution is 2.42. The van der Waals surface area contributed by atoms with Crippen LogP contribution in [0.25, 0.3) is 0 Å². The van der Waals surface area contributed by atoms with Gasteiger partial charge < -0.3 is 10.0 Å². The molecule has 2 saturated heterocycles. The summed E-state index contributed by atoms with van der Waals surface area (Å²) >= 11 is 0. The number of piperidine rings is 1. The smallest absolute Gasteiger partial charge is 0.312 e. The number of nitrogens with zero attached hydrogens (tertiary/aromatic N) is 3. The third-order valence-corrected chi connectivity index (χ3v) is 5.28. The van der Waals surface area contributed by atoms with Crippen LogP contribution in [0.4, 0.5) is 0 Å². The molecule has 22 heavy (non-hydrogen) atoms. The van der Waals surface area contributed by atoms with Crippen molar-refractivity contribution in [3.63, 3.8) is 0 Å². The first-order chi connectivity index (χ1) is 10.5. The molecule has 2 atom stereocenters. The Balaban J connectivity index is 1.73. The van der Waals surface area contributed by atoms with Gasteiger partial charge >= 0.3 is 5.97 Å². The van der Waals surface area contributed by atoms with Gasteiger partial charge in [-0.2, -0.15) is 0 Å². The molecule has 1 N–H and O–H groups in total. The van der Waals surface area contributed by atoms with Gasteiger partial charge in [-0.3, -0.25) is 14.7 Å². The second-order valence-electron chi connectivity index (χ2n) is 6.87. The molecule has 0 spiro atoms. The Morgan fingerprint density at radius 3 is 2.91 bits per heavy atom. The fraction of sp³-hybridized carbons (Fsp3) is 0.647. The predicted octanol–water partition coefficient (Wildman–Crippen LogP) is 1.48. The maximum Gasteiger partial charge on any atom is 0.312 e. The Morgan fingerprint density at radius 1 is 1.45 bits per heavy atom. The Bertz CT molecular complexity index is 545. The zero-order chi connectivity index (χ0) is 15.7. The minimum absolute atomic E-state index is 0.260. The molecule has 0 radical (unpaired) electrons. The highest BCUT2D eigenvalue weighted by atomic mass is 16.4. The van der Waals surface area contributed by atoms with E-state index in [9.17, 15) is 9.90 Å². The average Bonchev–Trinajstić information content (AvgIpc) is 2.86. The van der Waals surface area contributed by atoms with Crippen LogP contribution < -0.4 is 0 Å². The maximum absolute atomic E-state index is 11.9. The van der Waals surface area contributed by atoms with Crippen LogP contribution in [-0.2, 0) is 17.8 Å². The highest BCUT2D eigenvalue weighted by Gasteiger charge is 2.54. The third kappa shape index (κ3) is 2.75. The van der Waals surface area contributed by atoms with E-state index in [1.807, 2.05) is 13.2 Å². The van der Waals surface area contributed by atoms with Crippen LogP contribution >= 0.6 is 0 Å². The van der Waals surface area contributed by atoms with Gasteiger partial charge in [0.1, 0.15) is 0 Å². The van der Waals surface area contributed by atoms with Crippen LogP contribution in [0, 0.1) is 11.3 Å². The molecule has 120 valence electrons. The van der Waals surface area contributed by atoms with Crippen molar-refractivity contribution in [1.82, 2.24) is 14.8 Å². The average molecular weight is 303 g/mol. The van der Waals surface area contributed by atoms with Crippen molar-refractivity contribution in [2.24, 2.45) is 11.3 Å². The third-order valence-electron chi connectivity index (χ3n) is 5.28. The number of carboxylic acid groups (broad SMARTS) is 1. The molecule has 0 unspecified atom stereocenters. The number of aryl methyl sites for hydroxylation is 1. The second-order valence-corrected chi connectivity index (χ2v) is 6.87. The van der Waals surface area contributed by atoms with Gasteiger partial charge in [0.15, 0.2) is 0 Å². The zero-order valence-electron chi connectivity index (χ0n) is 13.5. The molecule has 3 heterocycles. The van der Waals surface area contributed by atoms with E-state index in [4.69, 9.17) is 0 Å². The summed E-state index contributed by atoms with van der Waals surface area (Å²) < 4.78 is 0. The summed E-state index contributed by atoms with van der Waals surface area (Å²) in [5.41, 5.74) is 1.67. The molecule has 2 aliphatic heterocycles. The van der Waals surface area contributed by atoms with Crippen molar-refractivity contribution in [2.45, 2.75) is 26.3 Å².